The van der Waals surface area contributed by atoms with Crippen molar-refractivity contribution in [3.63, 3.8) is 0 Å². The van der Waals surface area contributed by atoms with Crippen molar-refractivity contribution in [1.29, 1.82) is 0 Å². The van der Waals surface area contributed by atoms with Gasteiger partial charge < -0.3 is 10.5 Å². The zero-order valence-electron chi connectivity index (χ0n) is 9.27. The first kappa shape index (κ1) is 12.2. The predicted octanol–water partition coefficient (Wildman–Crippen LogP) is 2.21. The van der Waals surface area contributed by atoms with Crippen LogP contribution in [0.25, 0.3) is 0 Å². The van der Waals surface area contributed by atoms with Gasteiger partial charge in [0.05, 0.1) is 11.9 Å². The summed E-state index contributed by atoms with van der Waals surface area (Å²) in [5.74, 6) is 0.0838. The van der Waals surface area contributed by atoms with Crippen molar-refractivity contribution < 1.29 is 17.9 Å². The zero-order chi connectivity index (χ0) is 13.3. The summed E-state index contributed by atoms with van der Waals surface area (Å²) in [6, 6.07) is 3.79. The van der Waals surface area contributed by atoms with Gasteiger partial charge in [0, 0.05) is 19.2 Å². The monoisotopic (exact) mass is 258 g/mol. The van der Waals surface area contributed by atoms with Crippen LogP contribution in [0.1, 0.15) is 5.69 Å². The van der Waals surface area contributed by atoms with Crippen LogP contribution in [0.4, 0.5) is 18.9 Å². The normalized spacial score (nSPS) is 11.6. The second-order valence-corrected chi connectivity index (χ2v) is 3.52. The largest absolute Gasteiger partial charge is 0.435 e. The van der Waals surface area contributed by atoms with Crippen molar-refractivity contribution in [2.45, 2.75) is 6.18 Å². The molecule has 0 unspecified atom stereocenters. The van der Waals surface area contributed by atoms with Gasteiger partial charge in [-0.3, -0.25) is 0 Å². The minimum atomic E-state index is -4.51. The highest BCUT2D eigenvalue weighted by Gasteiger charge is 2.35. The molecule has 0 saturated carbocycles. The molecule has 0 spiro atoms. The molecule has 0 saturated heterocycles. The number of nitrogen functional groups attached to an aromatic ring is 1. The highest BCUT2D eigenvalue weighted by molar-refractivity contribution is 5.37. The average Bonchev–Trinajstić information content (AvgIpc) is 2.63. The Balaban J connectivity index is 2.24. The average molecular weight is 258 g/mol. The summed E-state index contributed by atoms with van der Waals surface area (Å²) in [4.78, 5) is 3.82. The summed E-state index contributed by atoms with van der Waals surface area (Å²) < 4.78 is 43.4. The molecular weight excluding hydrogens is 249 g/mol. The van der Waals surface area contributed by atoms with Crippen molar-refractivity contribution >= 4 is 5.69 Å². The number of alkyl halides is 3. The first-order chi connectivity index (χ1) is 8.36. The molecule has 0 amide bonds. The fourth-order valence-electron chi connectivity index (χ4n) is 1.24. The van der Waals surface area contributed by atoms with Crippen LogP contribution in [0.3, 0.4) is 0 Å². The Bertz CT molecular complexity index is 547. The second kappa shape index (κ2) is 4.21. The second-order valence-electron chi connectivity index (χ2n) is 3.52. The smallest absolute Gasteiger partial charge is 0.421 e. The van der Waals surface area contributed by atoms with Crippen LogP contribution < -0.4 is 10.5 Å². The zero-order valence-corrected chi connectivity index (χ0v) is 9.27. The van der Waals surface area contributed by atoms with Crippen molar-refractivity contribution in [3.8, 4) is 11.8 Å². The van der Waals surface area contributed by atoms with Gasteiger partial charge in [-0.15, -0.1) is 0 Å². The lowest BCUT2D eigenvalue weighted by Gasteiger charge is -2.03. The van der Waals surface area contributed by atoms with Crippen molar-refractivity contribution in [3.05, 3.63) is 30.1 Å². The third-order valence-corrected chi connectivity index (χ3v) is 2.10. The van der Waals surface area contributed by atoms with Crippen LogP contribution in [-0.2, 0) is 13.2 Å². The van der Waals surface area contributed by atoms with Gasteiger partial charge in [-0.25, -0.2) is 9.67 Å². The number of nitrogens with zero attached hydrogens (tertiary/aromatic N) is 3. The van der Waals surface area contributed by atoms with Crippen molar-refractivity contribution in [2.24, 2.45) is 7.05 Å². The van der Waals surface area contributed by atoms with E-state index in [1.54, 1.807) is 0 Å². The Morgan fingerprint density at radius 2 is 2.06 bits per heavy atom. The molecule has 0 radical (unpaired) electrons. The van der Waals surface area contributed by atoms with Gasteiger partial charge in [-0.2, -0.15) is 18.3 Å². The number of aryl methyl sites for hydroxylation is 1. The van der Waals surface area contributed by atoms with E-state index in [0.717, 1.165) is 10.7 Å². The number of hydrogen-bond acceptors (Lipinski definition) is 4. The molecule has 8 heteroatoms. The summed E-state index contributed by atoms with van der Waals surface area (Å²) in [7, 11) is 1.35. The molecule has 2 rings (SSSR count). The van der Waals surface area contributed by atoms with Gasteiger partial charge in [0.15, 0.2) is 5.69 Å². The van der Waals surface area contributed by atoms with E-state index in [9.17, 15) is 13.2 Å². The third-order valence-electron chi connectivity index (χ3n) is 2.10. The van der Waals surface area contributed by atoms with Gasteiger partial charge in [-0.1, -0.05) is 0 Å². The predicted molar refractivity (Wildman–Crippen MR) is 56.9 cm³/mol. The van der Waals surface area contributed by atoms with Gasteiger partial charge in [0.1, 0.15) is 0 Å². The minimum absolute atomic E-state index is 0.0559. The molecule has 0 fully saturated rings. The standard InChI is InChI=1S/C10H9F3N4O/c1-17-9(4-7(16-17)10(11,12)13)18-8-3-2-6(14)5-15-8/h2-5H,14H2,1H3. The molecule has 2 aromatic heterocycles. The SMILES string of the molecule is Cn1nc(C(F)(F)F)cc1Oc1ccc(N)cn1. The highest BCUT2D eigenvalue weighted by Crippen LogP contribution is 2.31. The molecule has 2 N–H and O–H groups in total. The fourth-order valence-corrected chi connectivity index (χ4v) is 1.24. The molecule has 2 heterocycles. The van der Waals surface area contributed by atoms with Crippen LogP contribution >= 0.6 is 0 Å². The maximum absolute atomic E-state index is 12.4. The summed E-state index contributed by atoms with van der Waals surface area (Å²) in [6.07, 6.45) is -3.16. The number of anilines is 1. The molecule has 0 aliphatic carbocycles. The van der Waals surface area contributed by atoms with Gasteiger partial charge in [0.25, 0.3) is 0 Å². The van der Waals surface area contributed by atoms with Crippen LogP contribution in [0, 0.1) is 0 Å². The van der Waals surface area contributed by atoms with E-state index in [0.29, 0.717) is 5.69 Å². The van der Waals surface area contributed by atoms with Gasteiger partial charge in [0.2, 0.25) is 11.8 Å². The third kappa shape index (κ3) is 2.53. The van der Waals surface area contributed by atoms with Crippen LogP contribution in [0.2, 0.25) is 0 Å². The molecule has 0 bridgehead atoms. The van der Waals surface area contributed by atoms with Gasteiger partial charge in [-0.05, 0) is 6.07 Å². The van der Waals surface area contributed by atoms with E-state index in [1.807, 2.05) is 0 Å². The molecule has 0 aliphatic heterocycles. The number of rotatable bonds is 2. The summed E-state index contributed by atoms with van der Waals surface area (Å²) >= 11 is 0. The molecule has 5 nitrogen and oxygen atoms in total. The Morgan fingerprint density at radius 3 is 2.56 bits per heavy atom. The minimum Gasteiger partial charge on any atom is -0.421 e. The van der Waals surface area contributed by atoms with Crippen LogP contribution in [0.5, 0.6) is 11.8 Å². The summed E-state index contributed by atoms with van der Waals surface area (Å²) in [5, 5.41) is 3.31. The number of hydrogen-bond donors (Lipinski definition) is 1. The lowest BCUT2D eigenvalue weighted by Crippen LogP contribution is -2.06. The summed E-state index contributed by atoms with van der Waals surface area (Å²) in [6.45, 7) is 0. The molecular formula is C10H9F3N4O. The van der Waals surface area contributed by atoms with E-state index >= 15 is 0 Å². The molecule has 0 atom stereocenters. The quantitative estimate of drug-likeness (QED) is 0.896. The Hall–Kier alpha value is -2.25. The van der Waals surface area contributed by atoms with Crippen molar-refractivity contribution in [1.82, 2.24) is 14.8 Å². The number of aromatic nitrogens is 3. The van der Waals surface area contributed by atoms with E-state index in [1.165, 1.54) is 25.4 Å². The molecule has 0 aliphatic rings. The summed E-state index contributed by atoms with van der Waals surface area (Å²) in [5.41, 5.74) is 4.84. The first-order valence-corrected chi connectivity index (χ1v) is 4.87. The topological polar surface area (TPSA) is 66.0 Å². The molecule has 0 aromatic carbocycles. The number of halogens is 3. The maximum Gasteiger partial charge on any atom is 0.435 e. The Labute approximate surface area is 100.0 Å². The van der Waals surface area contributed by atoms with E-state index in [4.69, 9.17) is 10.5 Å². The molecule has 18 heavy (non-hydrogen) atoms. The molecule has 2 aromatic rings. The maximum atomic E-state index is 12.4. The van der Waals surface area contributed by atoms with Crippen LogP contribution in [0.15, 0.2) is 24.4 Å². The highest BCUT2D eigenvalue weighted by atomic mass is 19.4. The molecule has 96 valence electrons. The Morgan fingerprint density at radius 1 is 1.33 bits per heavy atom. The van der Waals surface area contributed by atoms with E-state index in [-0.39, 0.29) is 11.8 Å². The van der Waals surface area contributed by atoms with Crippen molar-refractivity contribution in [2.75, 3.05) is 5.73 Å². The number of ether oxygens (including phenoxy) is 1. The lowest BCUT2D eigenvalue weighted by atomic mass is 10.4. The van der Waals surface area contributed by atoms with Crippen LogP contribution in [-0.4, -0.2) is 14.8 Å². The van der Waals surface area contributed by atoms with E-state index in [2.05, 4.69) is 10.1 Å². The fraction of sp³-hybridized carbons (Fsp3) is 0.200. The van der Waals surface area contributed by atoms with E-state index < -0.39 is 11.9 Å². The van der Waals surface area contributed by atoms with Gasteiger partial charge >= 0.3 is 6.18 Å². The first-order valence-electron chi connectivity index (χ1n) is 4.87. The lowest BCUT2D eigenvalue weighted by molar-refractivity contribution is -0.141. The number of pyridine rings is 1. The Kier molecular flexibility index (Phi) is 2.85. The number of nitrogens with two attached hydrogens (primary N) is 1.